The number of halogens is 2. The van der Waals surface area contributed by atoms with Gasteiger partial charge in [-0.15, -0.1) is 11.3 Å². The molecule has 1 amide bonds. The summed E-state index contributed by atoms with van der Waals surface area (Å²) in [6.45, 7) is 1.45. The first-order chi connectivity index (χ1) is 13.5. The smallest absolute Gasteiger partial charge is 0.252 e. The summed E-state index contributed by atoms with van der Waals surface area (Å²) in [6.07, 6.45) is 1.55. The Morgan fingerprint density at radius 3 is 2.75 bits per heavy atom. The second-order valence-electron chi connectivity index (χ2n) is 5.72. The number of thiazole rings is 1. The van der Waals surface area contributed by atoms with Crippen molar-refractivity contribution in [3.63, 3.8) is 0 Å². The SMILES string of the molecule is Cc1ncsc1C(CNC(=O)c1cc(-c2ncc(F)cn2)ccc1Cl)OCO. The summed E-state index contributed by atoms with van der Waals surface area (Å²) in [5.41, 5.74) is 3.18. The molecule has 1 aromatic carbocycles. The number of rotatable bonds is 7. The standard InChI is InChI=1S/C18H16ClFN4O3S/c1-10-16(28-8-24-10)15(27-9-25)7-23-18(26)13-4-11(2-3-14(13)19)17-21-5-12(20)6-22-17/h2-6,8,15,25H,7,9H2,1H3,(H,23,26). The van der Waals surface area contributed by atoms with Gasteiger partial charge < -0.3 is 15.2 Å². The molecule has 1 atom stereocenters. The molecule has 0 aliphatic heterocycles. The van der Waals surface area contributed by atoms with Crippen LogP contribution in [-0.4, -0.2) is 39.3 Å². The third-order valence-corrected chi connectivity index (χ3v) is 5.24. The predicted octanol–water partition coefficient (Wildman–Crippen LogP) is 3.14. The summed E-state index contributed by atoms with van der Waals surface area (Å²) >= 11 is 7.54. The minimum absolute atomic E-state index is 0.121. The number of aliphatic hydroxyl groups excluding tert-OH is 1. The number of carbonyl (C=O) groups excluding carboxylic acids is 1. The Kier molecular flexibility index (Phi) is 6.63. The van der Waals surface area contributed by atoms with E-state index in [0.717, 1.165) is 23.0 Å². The molecule has 0 bridgehead atoms. The van der Waals surface area contributed by atoms with E-state index in [1.165, 1.54) is 17.4 Å². The maximum Gasteiger partial charge on any atom is 0.252 e. The Balaban J connectivity index is 1.77. The van der Waals surface area contributed by atoms with Crippen LogP contribution in [0, 0.1) is 12.7 Å². The lowest BCUT2D eigenvalue weighted by Crippen LogP contribution is -2.30. The molecule has 0 radical (unpaired) electrons. The molecular formula is C18H16ClFN4O3S. The molecule has 0 saturated carbocycles. The minimum atomic E-state index is -0.552. The van der Waals surface area contributed by atoms with Crippen LogP contribution in [0.3, 0.4) is 0 Å². The molecule has 0 aliphatic carbocycles. The number of aliphatic hydroxyl groups is 1. The maximum absolute atomic E-state index is 13.0. The molecule has 28 heavy (non-hydrogen) atoms. The number of amides is 1. The number of hydrogen-bond acceptors (Lipinski definition) is 7. The number of aryl methyl sites for hydroxylation is 1. The largest absolute Gasteiger partial charge is 0.371 e. The lowest BCUT2D eigenvalue weighted by atomic mass is 10.1. The van der Waals surface area contributed by atoms with E-state index in [9.17, 15) is 9.18 Å². The second kappa shape index (κ2) is 9.16. The topological polar surface area (TPSA) is 97.2 Å². The van der Waals surface area contributed by atoms with E-state index in [4.69, 9.17) is 21.4 Å². The van der Waals surface area contributed by atoms with Gasteiger partial charge in [0.2, 0.25) is 0 Å². The normalized spacial score (nSPS) is 12.0. The van der Waals surface area contributed by atoms with Crippen molar-refractivity contribution in [1.29, 1.82) is 0 Å². The number of nitrogens with one attached hydrogen (secondary N) is 1. The van der Waals surface area contributed by atoms with E-state index < -0.39 is 24.6 Å². The van der Waals surface area contributed by atoms with Crippen LogP contribution in [-0.2, 0) is 4.74 Å². The molecule has 2 aromatic heterocycles. The van der Waals surface area contributed by atoms with E-state index in [-0.39, 0.29) is 23.0 Å². The molecule has 3 rings (SSSR count). The highest BCUT2D eigenvalue weighted by molar-refractivity contribution is 7.09. The van der Waals surface area contributed by atoms with E-state index >= 15 is 0 Å². The molecule has 0 aliphatic rings. The lowest BCUT2D eigenvalue weighted by molar-refractivity contribution is -0.0489. The summed E-state index contributed by atoms with van der Waals surface area (Å²) in [7, 11) is 0. The number of aromatic nitrogens is 3. The number of benzene rings is 1. The summed E-state index contributed by atoms with van der Waals surface area (Å²) in [4.78, 5) is 25.4. The molecular weight excluding hydrogens is 407 g/mol. The fourth-order valence-corrected chi connectivity index (χ4v) is 3.57. The van der Waals surface area contributed by atoms with Crippen LogP contribution >= 0.6 is 22.9 Å². The Morgan fingerprint density at radius 1 is 1.36 bits per heavy atom. The molecule has 0 saturated heterocycles. The highest BCUT2D eigenvalue weighted by Gasteiger charge is 2.20. The Labute approximate surface area is 169 Å². The zero-order valence-electron chi connectivity index (χ0n) is 14.7. The molecule has 7 nitrogen and oxygen atoms in total. The van der Waals surface area contributed by atoms with Crippen molar-refractivity contribution in [2.45, 2.75) is 13.0 Å². The number of carbonyl (C=O) groups is 1. The van der Waals surface area contributed by atoms with Crippen LogP contribution in [0.1, 0.15) is 27.0 Å². The van der Waals surface area contributed by atoms with Crippen LogP contribution in [0.25, 0.3) is 11.4 Å². The molecule has 10 heteroatoms. The van der Waals surface area contributed by atoms with Gasteiger partial charge in [-0.2, -0.15) is 0 Å². The van der Waals surface area contributed by atoms with E-state index in [0.29, 0.717) is 5.56 Å². The van der Waals surface area contributed by atoms with Crippen LogP contribution in [0.4, 0.5) is 4.39 Å². The molecule has 2 heterocycles. The number of ether oxygens (including phenoxy) is 1. The quantitative estimate of drug-likeness (QED) is 0.568. The second-order valence-corrected chi connectivity index (χ2v) is 7.01. The van der Waals surface area contributed by atoms with Gasteiger partial charge in [0.15, 0.2) is 11.6 Å². The van der Waals surface area contributed by atoms with E-state index in [1.54, 1.807) is 17.6 Å². The average Bonchev–Trinajstić information content (AvgIpc) is 3.12. The maximum atomic E-state index is 13.0. The first kappa shape index (κ1) is 20.3. The van der Waals surface area contributed by atoms with Crippen LogP contribution in [0.2, 0.25) is 5.02 Å². The monoisotopic (exact) mass is 422 g/mol. The van der Waals surface area contributed by atoms with Crippen molar-refractivity contribution in [2.75, 3.05) is 13.3 Å². The summed E-state index contributed by atoms with van der Waals surface area (Å²) in [5, 5.41) is 12.1. The molecule has 1 unspecified atom stereocenters. The Morgan fingerprint density at radius 2 is 2.11 bits per heavy atom. The predicted molar refractivity (Wildman–Crippen MR) is 103 cm³/mol. The van der Waals surface area contributed by atoms with Crippen molar-refractivity contribution >= 4 is 28.8 Å². The third kappa shape index (κ3) is 4.68. The molecule has 0 fully saturated rings. The van der Waals surface area contributed by atoms with Gasteiger partial charge in [-0.25, -0.2) is 19.3 Å². The number of nitrogens with zero attached hydrogens (tertiary/aromatic N) is 3. The first-order valence-electron chi connectivity index (χ1n) is 8.17. The van der Waals surface area contributed by atoms with E-state index in [1.807, 2.05) is 6.92 Å². The van der Waals surface area contributed by atoms with Gasteiger partial charge in [0.1, 0.15) is 12.9 Å². The van der Waals surface area contributed by atoms with Crippen molar-refractivity contribution < 1.29 is 19.0 Å². The zero-order chi connectivity index (χ0) is 20.1. The zero-order valence-corrected chi connectivity index (χ0v) is 16.3. The van der Waals surface area contributed by atoms with Crippen molar-refractivity contribution in [3.05, 3.63) is 63.1 Å². The highest BCUT2D eigenvalue weighted by atomic mass is 35.5. The van der Waals surface area contributed by atoms with Crippen molar-refractivity contribution in [3.8, 4) is 11.4 Å². The van der Waals surface area contributed by atoms with Gasteiger partial charge >= 0.3 is 0 Å². The fraction of sp³-hybridized carbons (Fsp3) is 0.222. The summed E-state index contributed by atoms with van der Waals surface area (Å²) < 4.78 is 18.3. The Bertz CT molecular complexity index is 968. The molecule has 2 N–H and O–H groups in total. The summed E-state index contributed by atoms with van der Waals surface area (Å²) in [6, 6.07) is 4.73. The van der Waals surface area contributed by atoms with E-state index in [2.05, 4.69) is 20.3 Å². The van der Waals surface area contributed by atoms with Gasteiger partial charge in [-0.1, -0.05) is 11.6 Å². The third-order valence-electron chi connectivity index (χ3n) is 3.89. The average molecular weight is 423 g/mol. The van der Waals surface area contributed by atoms with Gasteiger partial charge in [-0.05, 0) is 25.1 Å². The van der Waals surface area contributed by atoms with Crippen molar-refractivity contribution in [2.24, 2.45) is 0 Å². The Hall–Kier alpha value is -2.46. The fourth-order valence-electron chi connectivity index (χ4n) is 2.52. The minimum Gasteiger partial charge on any atom is -0.371 e. The van der Waals surface area contributed by atoms with Gasteiger partial charge in [0, 0.05) is 12.1 Å². The number of hydrogen-bond donors (Lipinski definition) is 2. The van der Waals surface area contributed by atoms with Crippen LogP contribution in [0.5, 0.6) is 0 Å². The van der Waals surface area contributed by atoms with Crippen LogP contribution in [0.15, 0.2) is 36.1 Å². The molecule has 146 valence electrons. The van der Waals surface area contributed by atoms with Gasteiger partial charge in [0.05, 0.1) is 39.1 Å². The van der Waals surface area contributed by atoms with Gasteiger partial charge in [0.25, 0.3) is 5.91 Å². The van der Waals surface area contributed by atoms with Crippen LogP contribution < -0.4 is 5.32 Å². The highest BCUT2D eigenvalue weighted by Crippen LogP contribution is 2.26. The molecule has 3 aromatic rings. The van der Waals surface area contributed by atoms with Gasteiger partial charge in [-0.3, -0.25) is 4.79 Å². The van der Waals surface area contributed by atoms with Crippen molar-refractivity contribution in [1.82, 2.24) is 20.3 Å². The molecule has 0 spiro atoms. The first-order valence-corrected chi connectivity index (χ1v) is 9.43. The summed E-state index contributed by atoms with van der Waals surface area (Å²) in [5.74, 6) is -0.708. The lowest BCUT2D eigenvalue weighted by Gasteiger charge is -2.17.